The average Bonchev–Trinajstić information content (AvgIpc) is 2.65. The Morgan fingerprint density at radius 2 is 1.93 bits per heavy atom. The van der Waals surface area contributed by atoms with E-state index in [9.17, 15) is 4.79 Å². The Hall–Kier alpha value is -2.50. The molecule has 6 heteroatoms. The first-order valence-corrected chi connectivity index (χ1v) is 9.93. The first-order chi connectivity index (χ1) is 13.4. The van der Waals surface area contributed by atoms with E-state index in [0.717, 1.165) is 54.5 Å². The Morgan fingerprint density at radius 3 is 2.61 bits per heavy atom. The number of carbonyl (C=O) groups is 1. The maximum atomic E-state index is 10.9. The molecule has 1 saturated carbocycles. The van der Waals surface area contributed by atoms with Crippen molar-refractivity contribution in [2.45, 2.75) is 51.5 Å². The number of aromatic nitrogens is 1. The molecule has 0 aliphatic heterocycles. The number of amides is 1. The van der Waals surface area contributed by atoms with E-state index in [4.69, 9.17) is 14.6 Å². The number of pyridine rings is 1. The molecule has 1 aromatic heterocycles. The van der Waals surface area contributed by atoms with Crippen LogP contribution in [0.25, 0.3) is 10.9 Å². The summed E-state index contributed by atoms with van der Waals surface area (Å²) in [5, 5.41) is 12.6. The summed E-state index contributed by atoms with van der Waals surface area (Å²) < 4.78 is 11.5. The molecule has 28 heavy (non-hydrogen) atoms. The van der Waals surface area contributed by atoms with Crippen molar-refractivity contribution in [3.8, 4) is 11.5 Å². The Morgan fingerprint density at radius 1 is 1.21 bits per heavy atom. The van der Waals surface area contributed by atoms with Crippen molar-refractivity contribution in [2.75, 3.05) is 13.7 Å². The lowest BCUT2D eigenvalue weighted by atomic mass is 9.77. The van der Waals surface area contributed by atoms with Gasteiger partial charge in [0.1, 0.15) is 11.5 Å². The third-order valence-electron chi connectivity index (χ3n) is 5.59. The van der Waals surface area contributed by atoms with Crippen molar-refractivity contribution >= 4 is 17.0 Å². The highest BCUT2D eigenvalue weighted by atomic mass is 16.5. The molecule has 0 radical (unpaired) electrons. The minimum atomic E-state index is -0.951. The molecule has 2 aromatic rings. The van der Waals surface area contributed by atoms with E-state index in [0.29, 0.717) is 18.4 Å². The lowest BCUT2D eigenvalue weighted by Gasteiger charge is -2.34. The Labute approximate surface area is 166 Å². The summed E-state index contributed by atoms with van der Waals surface area (Å²) in [6, 6.07) is 7.72. The third kappa shape index (κ3) is 5.27. The topological polar surface area (TPSA) is 80.7 Å². The largest absolute Gasteiger partial charge is 0.497 e. The molecule has 1 heterocycles. The SMILES string of the molecule is COc1ccc2nccc(OCC3CCC(CC(C)(C)NC(=O)O)CC3)c2c1. The normalized spacial score (nSPS) is 20.0. The van der Waals surface area contributed by atoms with E-state index >= 15 is 0 Å². The van der Waals surface area contributed by atoms with Crippen LogP contribution in [0.3, 0.4) is 0 Å². The molecule has 1 aromatic carbocycles. The molecule has 0 saturated heterocycles. The van der Waals surface area contributed by atoms with E-state index in [1.807, 2.05) is 38.1 Å². The van der Waals surface area contributed by atoms with Gasteiger partial charge in [-0.2, -0.15) is 0 Å². The second kappa shape index (κ2) is 8.67. The van der Waals surface area contributed by atoms with Gasteiger partial charge in [0.05, 0.1) is 19.2 Å². The summed E-state index contributed by atoms with van der Waals surface area (Å²) in [7, 11) is 1.66. The van der Waals surface area contributed by atoms with E-state index in [1.54, 1.807) is 13.3 Å². The van der Waals surface area contributed by atoms with E-state index in [-0.39, 0.29) is 5.54 Å². The maximum Gasteiger partial charge on any atom is 0.405 e. The van der Waals surface area contributed by atoms with Crippen LogP contribution < -0.4 is 14.8 Å². The minimum Gasteiger partial charge on any atom is -0.497 e. The smallest absolute Gasteiger partial charge is 0.405 e. The first-order valence-electron chi connectivity index (χ1n) is 9.93. The van der Waals surface area contributed by atoms with Crippen LogP contribution in [0.15, 0.2) is 30.5 Å². The van der Waals surface area contributed by atoms with Gasteiger partial charge in [0.25, 0.3) is 0 Å². The zero-order chi connectivity index (χ0) is 20.1. The number of fused-ring (bicyclic) bond motifs is 1. The second-order valence-electron chi connectivity index (χ2n) is 8.41. The Kier molecular flexibility index (Phi) is 6.27. The standard InChI is InChI=1S/C22H30N2O4/c1-22(2,24-21(25)26)13-15-4-6-16(7-5-15)14-28-20-10-11-23-19-9-8-17(27-3)12-18(19)20/h8-12,15-16,24H,4-7,13-14H2,1-3H3,(H,25,26). The second-order valence-corrected chi connectivity index (χ2v) is 8.41. The molecule has 1 aliphatic rings. The molecule has 0 spiro atoms. The number of nitrogens with one attached hydrogen (secondary N) is 1. The van der Waals surface area contributed by atoms with Gasteiger partial charge >= 0.3 is 6.09 Å². The van der Waals surface area contributed by atoms with Gasteiger partial charge in [0.2, 0.25) is 0 Å². The highest BCUT2D eigenvalue weighted by molar-refractivity contribution is 5.86. The van der Waals surface area contributed by atoms with Gasteiger partial charge in [-0.1, -0.05) is 0 Å². The van der Waals surface area contributed by atoms with Crippen LogP contribution in [0.2, 0.25) is 0 Å². The van der Waals surface area contributed by atoms with Gasteiger partial charge in [0, 0.05) is 17.1 Å². The molecule has 2 N–H and O–H groups in total. The third-order valence-corrected chi connectivity index (χ3v) is 5.59. The minimum absolute atomic E-state index is 0.380. The number of ether oxygens (including phenoxy) is 2. The number of hydrogen-bond acceptors (Lipinski definition) is 4. The van der Waals surface area contributed by atoms with Gasteiger partial charge in [-0.3, -0.25) is 4.98 Å². The first kappa shape index (κ1) is 20.2. The van der Waals surface area contributed by atoms with Crippen molar-refractivity contribution in [2.24, 2.45) is 11.8 Å². The van der Waals surface area contributed by atoms with Crippen LogP contribution in [0.4, 0.5) is 4.79 Å². The molecular weight excluding hydrogens is 356 g/mol. The van der Waals surface area contributed by atoms with Gasteiger partial charge in [-0.05, 0) is 82.1 Å². The summed E-state index contributed by atoms with van der Waals surface area (Å²) in [4.78, 5) is 15.3. The van der Waals surface area contributed by atoms with Crippen molar-refractivity contribution in [1.82, 2.24) is 10.3 Å². The number of rotatable bonds is 7. The molecule has 3 rings (SSSR count). The highest BCUT2D eigenvalue weighted by Gasteiger charge is 2.28. The fourth-order valence-electron chi connectivity index (χ4n) is 4.23. The van der Waals surface area contributed by atoms with Gasteiger partial charge in [-0.25, -0.2) is 4.79 Å². The van der Waals surface area contributed by atoms with Crippen molar-refractivity contribution in [1.29, 1.82) is 0 Å². The fourth-order valence-corrected chi connectivity index (χ4v) is 4.23. The number of nitrogens with zero attached hydrogens (tertiary/aromatic N) is 1. The van der Waals surface area contributed by atoms with Gasteiger partial charge in [0.15, 0.2) is 0 Å². The monoisotopic (exact) mass is 386 g/mol. The molecule has 1 amide bonds. The predicted molar refractivity (Wildman–Crippen MR) is 109 cm³/mol. The van der Waals surface area contributed by atoms with Gasteiger partial charge < -0.3 is 19.9 Å². The Balaban J connectivity index is 1.53. The molecule has 0 unspecified atom stereocenters. The average molecular weight is 386 g/mol. The highest BCUT2D eigenvalue weighted by Crippen LogP contribution is 2.35. The van der Waals surface area contributed by atoms with Crippen LogP contribution in [0, 0.1) is 11.8 Å². The number of hydrogen-bond donors (Lipinski definition) is 2. The number of carboxylic acid groups (broad SMARTS) is 1. The molecule has 0 bridgehead atoms. The summed E-state index contributed by atoms with van der Waals surface area (Å²) in [6.45, 7) is 4.61. The Bertz CT molecular complexity index is 813. The number of benzene rings is 1. The number of methoxy groups -OCH3 is 1. The van der Waals surface area contributed by atoms with Crippen molar-refractivity contribution < 1.29 is 19.4 Å². The van der Waals surface area contributed by atoms with E-state index in [1.165, 1.54) is 0 Å². The van der Waals surface area contributed by atoms with Crippen LogP contribution in [0.1, 0.15) is 46.0 Å². The zero-order valence-corrected chi connectivity index (χ0v) is 16.9. The van der Waals surface area contributed by atoms with Crippen molar-refractivity contribution in [3.05, 3.63) is 30.5 Å². The lowest BCUT2D eigenvalue weighted by molar-refractivity contribution is 0.153. The van der Waals surface area contributed by atoms with E-state index in [2.05, 4.69) is 10.3 Å². The molecule has 0 atom stereocenters. The zero-order valence-electron chi connectivity index (χ0n) is 16.9. The van der Waals surface area contributed by atoms with Crippen LogP contribution in [-0.4, -0.2) is 35.4 Å². The van der Waals surface area contributed by atoms with E-state index < -0.39 is 6.09 Å². The summed E-state index contributed by atoms with van der Waals surface area (Å²) >= 11 is 0. The van der Waals surface area contributed by atoms with Crippen LogP contribution in [0.5, 0.6) is 11.5 Å². The molecular formula is C22H30N2O4. The van der Waals surface area contributed by atoms with Crippen LogP contribution >= 0.6 is 0 Å². The molecule has 152 valence electrons. The van der Waals surface area contributed by atoms with Crippen molar-refractivity contribution in [3.63, 3.8) is 0 Å². The summed E-state index contributed by atoms with van der Waals surface area (Å²) in [5.41, 5.74) is 0.518. The molecule has 1 aliphatic carbocycles. The van der Waals surface area contributed by atoms with Crippen LogP contribution in [-0.2, 0) is 0 Å². The van der Waals surface area contributed by atoms with Gasteiger partial charge in [-0.15, -0.1) is 0 Å². The lowest BCUT2D eigenvalue weighted by Crippen LogP contribution is -2.44. The quantitative estimate of drug-likeness (QED) is 0.710. The summed E-state index contributed by atoms with van der Waals surface area (Å²) in [5.74, 6) is 2.73. The predicted octanol–water partition coefficient (Wildman–Crippen LogP) is 4.86. The maximum absolute atomic E-state index is 10.9. The molecule has 6 nitrogen and oxygen atoms in total. The molecule has 1 fully saturated rings. The fraction of sp³-hybridized carbons (Fsp3) is 0.545. The summed E-state index contributed by atoms with van der Waals surface area (Å²) in [6.07, 6.45) is 6.15.